The number of aliphatic hydroxyl groups excluding tert-OH is 2. The van der Waals surface area contributed by atoms with Crippen molar-refractivity contribution in [2.24, 2.45) is 0 Å². The van der Waals surface area contributed by atoms with Gasteiger partial charge in [-0.15, -0.1) is 0 Å². The molecule has 150 valence electrons. The predicted octanol–water partition coefficient (Wildman–Crippen LogP) is 1.91. The summed E-state index contributed by atoms with van der Waals surface area (Å²) in [5, 5.41) is 30.0. The van der Waals surface area contributed by atoms with Gasteiger partial charge in [-0.1, -0.05) is 6.07 Å². The summed E-state index contributed by atoms with van der Waals surface area (Å²) in [7, 11) is 2.59. The van der Waals surface area contributed by atoms with E-state index < -0.39 is 29.3 Å². The second-order valence-corrected chi connectivity index (χ2v) is 5.50. The van der Waals surface area contributed by atoms with Crippen molar-refractivity contribution in [2.75, 3.05) is 27.4 Å². The summed E-state index contributed by atoms with van der Waals surface area (Å²) < 4.78 is 20.7. The van der Waals surface area contributed by atoms with Gasteiger partial charge >= 0.3 is 11.7 Å². The van der Waals surface area contributed by atoms with Crippen molar-refractivity contribution in [1.29, 1.82) is 0 Å². The monoisotopic (exact) mass is 393 g/mol. The third-order valence-electron chi connectivity index (χ3n) is 3.56. The first-order valence-electron chi connectivity index (χ1n) is 8.04. The smallest absolute Gasteiger partial charge is 0.338 e. The summed E-state index contributed by atoms with van der Waals surface area (Å²) in [5.41, 5.74) is -0.681. The van der Waals surface area contributed by atoms with Crippen LogP contribution >= 0.6 is 0 Å². The number of methoxy groups -OCH3 is 2. The molecule has 0 radical (unpaired) electrons. The lowest BCUT2D eigenvalue weighted by atomic mass is 10.1. The van der Waals surface area contributed by atoms with Gasteiger partial charge in [-0.25, -0.2) is 4.79 Å². The van der Waals surface area contributed by atoms with Gasteiger partial charge in [0.05, 0.1) is 31.3 Å². The lowest BCUT2D eigenvalue weighted by molar-refractivity contribution is -0.385. The molecular formula is C18H19NO9. The summed E-state index contributed by atoms with van der Waals surface area (Å²) in [6.45, 7) is -0.961. The number of benzene rings is 2. The van der Waals surface area contributed by atoms with Crippen LogP contribution in [0.3, 0.4) is 0 Å². The number of nitro benzene ring substituents is 1. The lowest BCUT2D eigenvalue weighted by Gasteiger charge is -2.15. The zero-order valence-corrected chi connectivity index (χ0v) is 15.2. The Balaban J connectivity index is 2.54. The topological polar surface area (TPSA) is 138 Å². The highest BCUT2D eigenvalue weighted by atomic mass is 16.6. The minimum absolute atomic E-state index is 0.138. The Kier molecular flexibility index (Phi) is 7.13. The molecule has 2 rings (SSSR count). The first kappa shape index (κ1) is 20.9. The summed E-state index contributed by atoms with van der Waals surface area (Å²) in [6, 6.07) is 8.53. The maximum atomic E-state index is 11.8. The van der Waals surface area contributed by atoms with Crippen LogP contribution in [0.5, 0.6) is 23.0 Å². The number of hydrogen-bond donors (Lipinski definition) is 2. The predicted molar refractivity (Wildman–Crippen MR) is 96.1 cm³/mol. The molecule has 0 bridgehead atoms. The lowest BCUT2D eigenvalue weighted by Crippen LogP contribution is -2.21. The number of rotatable bonds is 9. The van der Waals surface area contributed by atoms with Crippen molar-refractivity contribution >= 4 is 11.7 Å². The molecule has 0 aliphatic rings. The van der Waals surface area contributed by atoms with Crippen LogP contribution in [0.25, 0.3) is 0 Å². The van der Waals surface area contributed by atoms with Crippen molar-refractivity contribution in [1.82, 2.24) is 0 Å². The molecule has 28 heavy (non-hydrogen) atoms. The normalized spacial score (nSPS) is 11.4. The second-order valence-electron chi connectivity index (χ2n) is 5.50. The molecule has 10 heteroatoms. The van der Waals surface area contributed by atoms with Gasteiger partial charge in [0.2, 0.25) is 5.75 Å². The van der Waals surface area contributed by atoms with Crippen molar-refractivity contribution < 1.29 is 38.9 Å². The fourth-order valence-electron chi connectivity index (χ4n) is 2.19. The van der Waals surface area contributed by atoms with Crippen LogP contribution < -0.4 is 14.2 Å². The average Bonchev–Trinajstić information content (AvgIpc) is 2.71. The van der Waals surface area contributed by atoms with Gasteiger partial charge in [-0.05, 0) is 18.2 Å². The molecule has 0 heterocycles. The third-order valence-corrected chi connectivity index (χ3v) is 3.56. The number of aliphatic hydroxyl groups is 2. The van der Waals surface area contributed by atoms with Crippen LogP contribution in [0.15, 0.2) is 36.4 Å². The molecule has 0 aliphatic heterocycles. The molecule has 0 spiro atoms. The number of nitrogens with zero attached hydrogens (tertiary/aromatic N) is 1. The van der Waals surface area contributed by atoms with Crippen molar-refractivity contribution in [3.8, 4) is 23.0 Å². The minimum atomic E-state index is -1.23. The van der Waals surface area contributed by atoms with Gasteiger partial charge in [0.1, 0.15) is 24.2 Å². The highest BCUT2D eigenvalue weighted by Gasteiger charge is 2.26. The van der Waals surface area contributed by atoms with E-state index in [9.17, 15) is 20.0 Å². The average molecular weight is 393 g/mol. The number of hydrogen-bond acceptors (Lipinski definition) is 9. The third kappa shape index (κ3) is 5.09. The number of esters is 1. The summed E-state index contributed by atoms with van der Waals surface area (Å²) in [6.07, 6.45) is -1.23. The van der Waals surface area contributed by atoms with Gasteiger partial charge in [-0.3, -0.25) is 10.1 Å². The van der Waals surface area contributed by atoms with Crippen LogP contribution in [-0.2, 0) is 4.74 Å². The van der Waals surface area contributed by atoms with Crippen molar-refractivity contribution in [3.05, 3.63) is 52.1 Å². The van der Waals surface area contributed by atoms with Crippen LogP contribution in [0, 0.1) is 10.1 Å². The van der Waals surface area contributed by atoms with E-state index in [2.05, 4.69) is 4.74 Å². The first-order valence-corrected chi connectivity index (χ1v) is 8.04. The van der Waals surface area contributed by atoms with Gasteiger partial charge in [0.25, 0.3) is 0 Å². The Morgan fingerprint density at radius 3 is 2.54 bits per heavy atom. The number of ether oxygens (including phenoxy) is 4. The molecule has 0 aliphatic carbocycles. The number of nitro groups is 1. The van der Waals surface area contributed by atoms with Gasteiger partial charge in [0.15, 0.2) is 5.75 Å². The molecule has 0 saturated carbocycles. The molecule has 2 N–H and O–H groups in total. The van der Waals surface area contributed by atoms with Crippen molar-refractivity contribution in [3.63, 3.8) is 0 Å². The highest BCUT2D eigenvalue weighted by Crippen LogP contribution is 2.42. The van der Waals surface area contributed by atoms with E-state index in [0.717, 1.165) is 13.2 Å². The Morgan fingerprint density at radius 2 is 1.93 bits per heavy atom. The van der Waals surface area contributed by atoms with Gasteiger partial charge in [0, 0.05) is 12.1 Å². The quantitative estimate of drug-likeness (QED) is 0.372. The molecule has 10 nitrogen and oxygen atoms in total. The fraction of sp³-hybridized carbons (Fsp3) is 0.278. The van der Waals surface area contributed by atoms with E-state index in [1.807, 2.05) is 0 Å². The van der Waals surface area contributed by atoms with Crippen LogP contribution in [-0.4, -0.2) is 54.6 Å². The Labute approximate surface area is 160 Å². The van der Waals surface area contributed by atoms with E-state index in [-0.39, 0.29) is 29.4 Å². The zero-order valence-electron chi connectivity index (χ0n) is 15.2. The molecule has 0 aromatic heterocycles. The maximum absolute atomic E-state index is 11.8. The molecule has 0 amide bonds. The van der Waals surface area contributed by atoms with Crippen LogP contribution in [0.2, 0.25) is 0 Å². The maximum Gasteiger partial charge on any atom is 0.338 e. The molecule has 2 aromatic carbocycles. The molecule has 0 fully saturated rings. The first-order chi connectivity index (χ1) is 13.4. The van der Waals surface area contributed by atoms with Gasteiger partial charge in [-0.2, -0.15) is 0 Å². The Morgan fingerprint density at radius 1 is 1.21 bits per heavy atom. The largest absolute Gasteiger partial charge is 0.497 e. The molecular weight excluding hydrogens is 374 g/mol. The SMILES string of the molecule is COC(=O)c1cc(OCC(O)CO)c(Oc2cccc(OC)c2)c([N+](=O)[O-])c1. The van der Waals surface area contributed by atoms with E-state index >= 15 is 0 Å². The van der Waals surface area contributed by atoms with Crippen LogP contribution in [0.1, 0.15) is 10.4 Å². The van der Waals surface area contributed by atoms with E-state index in [1.165, 1.54) is 19.2 Å². The molecule has 2 aromatic rings. The molecule has 1 atom stereocenters. The zero-order chi connectivity index (χ0) is 20.7. The Bertz CT molecular complexity index is 853. The molecule has 0 saturated heterocycles. The fourth-order valence-corrected chi connectivity index (χ4v) is 2.19. The summed E-state index contributed by atoms with van der Waals surface area (Å²) in [5.74, 6) is -0.588. The molecule has 1 unspecified atom stereocenters. The summed E-state index contributed by atoms with van der Waals surface area (Å²) in [4.78, 5) is 22.7. The van der Waals surface area contributed by atoms with Gasteiger partial charge < -0.3 is 29.2 Å². The Hall–Kier alpha value is -3.37. The van der Waals surface area contributed by atoms with Crippen molar-refractivity contribution in [2.45, 2.75) is 6.10 Å². The van der Waals surface area contributed by atoms with E-state index in [4.69, 9.17) is 19.3 Å². The second kappa shape index (κ2) is 9.53. The van der Waals surface area contributed by atoms with E-state index in [0.29, 0.717) is 5.75 Å². The number of carbonyl (C=O) groups is 1. The summed E-state index contributed by atoms with van der Waals surface area (Å²) >= 11 is 0. The number of carbonyl (C=O) groups excluding carboxylic acids is 1. The van der Waals surface area contributed by atoms with E-state index in [1.54, 1.807) is 18.2 Å². The van der Waals surface area contributed by atoms with Crippen LogP contribution in [0.4, 0.5) is 5.69 Å². The minimum Gasteiger partial charge on any atom is -0.497 e. The standard InChI is InChI=1S/C18H19NO9/c1-25-13-4-3-5-14(8-13)28-17-15(19(23)24)6-11(18(22)26-2)7-16(17)27-10-12(21)9-20/h3-8,12,20-21H,9-10H2,1-2H3. The highest BCUT2D eigenvalue weighted by molar-refractivity contribution is 5.91.